The van der Waals surface area contributed by atoms with Crippen molar-refractivity contribution in [1.82, 2.24) is 4.90 Å². The van der Waals surface area contributed by atoms with Gasteiger partial charge in [-0.1, -0.05) is 6.92 Å². The topological polar surface area (TPSA) is 49.5 Å². The monoisotopic (exact) mass is 242 g/mol. The number of nitrogens with zero attached hydrogens (tertiary/aromatic N) is 1. The van der Waals surface area contributed by atoms with Crippen molar-refractivity contribution in [2.24, 2.45) is 11.7 Å². The van der Waals surface area contributed by atoms with E-state index in [0.29, 0.717) is 6.54 Å². The molecule has 0 bridgehead atoms. The molecule has 1 aliphatic rings. The summed E-state index contributed by atoms with van der Waals surface area (Å²) in [6, 6.07) is 0. The Morgan fingerprint density at radius 3 is 2.53 bits per heavy atom. The van der Waals surface area contributed by atoms with Gasteiger partial charge in [0.1, 0.15) is 0 Å². The lowest BCUT2D eigenvalue weighted by atomic mass is 9.99. The van der Waals surface area contributed by atoms with Crippen LogP contribution >= 0.6 is 0 Å². The second-order valence-corrected chi connectivity index (χ2v) is 5.90. The highest BCUT2D eigenvalue weighted by Gasteiger charge is 2.23. The van der Waals surface area contributed by atoms with Gasteiger partial charge in [0.25, 0.3) is 0 Å². The summed E-state index contributed by atoms with van der Waals surface area (Å²) in [5.74, 6) is 0.980. The highest BCUT2D eigenvalue weighted by molar-refractivity contribution is 4.78. The van der Waals surface area contributed by atoms with Crippen LogP contribution in [0.25, 0.3) is 0 Å². The lowest BCUT2D eigenvalue weighted by molar-refractivity contribution is 0.0563. The molecule has 0 heterocycles. The first-order valence-corrected chi connectivity index (χ1v) is 7.22. The summed E-state index contributed by atoms with van der Waals surface area (Å²) in [7, 11) is 0. The summed E-state index contributed by atoms with van der Waals surface area (Å²) >= 11 is 0. The van der Waals surface area contributed by atoms with Crippen molar-refractivity contribution in [3.8, 4) is 0 Å². The second-order valence-electron chi connectivity index (χ2n) is 5.90. The van der Waals surface area contributed by atoms with Crippen molar-refractivity contribution >= 4 is 0 Å². The van der Waals surface area contributed by atoms with Crippen LogP contribution in [0.15, 0.2) is 0 Å². The summed E-state index contributed by atoms with van der Waals surface area (Å²) in [6.45, 7) is 8.16. The van der Waals surface area contributed by atoms with Gasteiger partial charge in [-0.25, -0.2) is 0 Å². The van der Waals surface area contributed by atoms with Gasteiger partial charge in [0, 0.05) is 13.1 Å². The molecule has 3 N–H and O–H groups in total. The lowest BCUT2D eigenvalue weighted by Crippen LogP contribution is -2.34. The first-order chi connectivity index (χ1) is 8.07. The molecule has 1 saturated carbocycles. The number of aliphatic hydroxyl groups is 1. The number of rotatable bonds is 10. The van der Waals surface area contributed by atoms with E-state index in [4.69, 9.17) is 5.73 Å². The van der Waals surface area contributed by atoms with Crippen molar-refractivity contribution in [3.63, 3.8) is 0 Å². The Hall–Kier alpha value is -0.120. The fourth-order valence-electron chi connectivity index (χ4n) is 2.22. The normalized spacial score (nSPS) is 19.6. The first-order valence-electron chi connectivity index (χ1n) is 7.22. The van der Waals surface area contributed by atoms with Gasteiger partial charge in [0.2, 0.25) is 0 Å². The standard InChI is InChI=1S/C14H30N2O/c1-3-9-16(11-13-6-7-13)10-5-4-8-14(2,17)12-15/h13,17H,3-12,15H2,1-2H3. The van der Waals surface area contributed by atoms with Crippen LogP contribution in [0.1, 0.15) is 52.4 Å². The third-order valence-electron chi connectivity index (χ3n) is 3.63. The van der Waals surface area contributed by atoms with Crippen molar-refractivity contribution in [2.75, 3.05) is 26.2 Å². The molecule has 3 nitrogen and oxygen atoms in total. The zero-order valence-electron chi connectivity index (χ0n) is 11.6. The fraction of sp³-hybridized carbons (Fsp3) is 1.00. The van der Waals surface area contributed by atoms with Gasteiger partial charge < -0.3 is 15.7 Å². The smallest absolute Gasteiger partial charge is 0.0741 e. The van der Waals surface area contributed by atoms with E-state index in [0.717, 1.165) is 18.8 Å². The molecule has 1 fully saturated rings. The zero-order valence-corrected chi connectivity index (χ0v) is 11.6. The van der Waals surface area contributed by atoms with Crippen LogP contribution in [-0.4, -0.2) is 41.8 Å². The molecule has 0 aromatic heterocycles. The molecule has 0 aliphatic heterocycles. The molecule has 0 spiro atoms. The number of unbranched alkanes of at least 4 members (excludes halogenated alkanes) is 1. The molecule has 0 aromatic rings. The van der Waals surface area contributed by atoms with Gasteiger partial charge in [-0.3, -0.25) is 0 Å². The predicted octanol–water partition coefficient (Wildman–Crippen LogP) is 1.99. The number of nitrogens with two attached hydrogens (primary N) is 1. The molecule has 102 valence electrons. The minimum Gasteiger partial charge on any atom is -0.389 e. The highest BCUT2D eigenvalue weighted by atomic mass is 16.3. The van der Waals surface area contributed by atoms with Crippen molar-refractivity contribution in [3.05, 3.63) is 0 Å². The number of hydrogen-bond acceptors (Lipinski definition) is 3. The summed E-state index contributed by atoms with van der Waals surface area (Å²) in [6.07, 6.45) is 7.20. The van der Waals surface area contributed by atoms with Gasteiger partial charge in [-0.2, -0.15) is 0 Å². The van der Waals surface area contributed by atoms with E-state index in [1.807, 2.05) is 6.92 Å². The maximum absolute atomic E-state index is 9.81. The minimum atomic E-state index is -0.661. The van der Waals surface area contributed by atoms with Crippen LogP contribution in [0.5, 0.6) is 0 Å². The molecule has 0 amide bonds. The Morgan fingerprint density at radius 1 is 1.29 bits per heavy atom. The summed E-state index contributed by atoms with van der Waals surface area (Å²) in [4.78, 5) is 2.59. The summed E-state index contributed by atoms with van der Waals surface area (Å²) in [5, 5.41) is 9.81. The molecule has 0 saturated heterocycles. The van der Waals surface area contributed by atoms with Gasteiger partial charge in [0.05, 0.1) is 5.60 Å². The molecule has 17 heavy (non-hydrogen) atoms. The van der Waals surface area contributed by atoms with E-state index in [2.05, 4.69) is 11.8 Å². The Labute approximate surface area is 106 Å². The molecule has 1 rings (SSSR count). The van der Waals surface area contributed by atoms with Crippen LogP contribution in [-0.2, 0) is 0 Å². The van der Waals surface area contributed by atoms with Crippen LogP contribution in [0, 0.1) is 5.92 Å². The molecule has 0 aromatic carbocycles. The van der Waals surface area contributed by atoms with E-state index in [1.54, 1.807) is 0 Å². The fourth-order valence-corrected chi connectivity index (χ4v) is 2.22. The molecule has 1 atom stereocenters. The zero-order chi connectivity index (χ0) is 12.7. The average molecular weight is 242 g/mol. The Kier molecular flexibility index (Phi) is 6.45. The van der Waals surface area contributed by atoms with Gasteiger partial charge >= 0.3 is 0 Å². The summed E-state index contributed by atoms with van der Waals surface area (Å²) in [5.41, 5.74) is 4.85. The Morgan fingerprint density at radius 2 is 2.00 bits per heavy atom. The second kappa shape index (κ2) is 7.34. The third kappa shape index (κ3) is 7.02. The van der Waals surface area contributed by atoms with Gasteiger partial charge in [0.15, 0.2) is 0 Å². The quantitative estimate of drug-likeness (QED) is 0.576. The van der Waals surface area contributed by atoms with Crippen LogP contribution < -0.4 is 5.73 Å². The molecular formula is C14H30N2O. The predicted molar refractivity (Wildman–Crippen MR) is 73.0 cm³/mol. The molecule has 0 radical (unpaired) electrons. The Balaban J connectivity index is 2.08. The maximum Gasteiger partial charge on any atom is 0.0741 e. The van der Waals surface area contributed by atoms with E-state index in [9.17, 15) is 5.11 Å². The van der Waals surface area contributed by atoms with Crippen LogP contribution in [0.3, 0.4) is 0 Å². The highest BCUT2D eigenvalue weighted by Crippen LogP contribution is 2.29. The van der Waals surface area contributed by atoms with Gasteiger partial charge in [-0.05, 0) is 64.5 Å². The molecule has 1 unspecified atom stereocenters. The Bertz CT molecular complexity index is 202. The van der Waals surface area contributed by atoms with E-state index in [1.165, 1.54) is 45.3 Å². The van der Waals surface area contributed by atoms with Crippen molar-refractivity contribution in [1.29, 1.82) is 0 Å². The minimum absolute atomic E-state index is 0.369. The van der Waals surface area contributed by atoms with Crippen molar-refractivity contribution < 1.29 is 5.11 Å². The SMILES string of the molecule is CCCN(CCCCC(C)(O)CN)CC1CC1. The van der Waals surface area contributed by atoms with Crippen LogP contribution in [0.4, 0.5) is 0 Å². The van der Waals surface area contributed by atoms with E-state index >= 15 is 0 Å². The first kappa shape index (κ1) is 14.9. The van der Waals surface area contributed by atoms with E-state index in [-0.39, 0.29) is 0 Å². The maximum atomic E-state index is 9.81. The average Bonchev–Trinajstić information content (AvgIpc) is 3.08. The van der Waals surface area contributed by atoms with Crippen LogP contribution in [0.2, 0.25) is 0 Å². The van der Waals surface area contributed by atoms with E-state index < -0.39 is 5.60 Å². The molecule has 1 aliphatic carbocycles. The molecule has 3 heteroatoms. The largest absolute Gasteiger partial charge is 0.389 e. The number of hydrogen-bond donors (Lipinski definition) is 2. The van der Waals surface area contributed by atoms with Crippen molar-refractivity contribution in [2.45, 2.75) is 58.0 Å². The van der Waals surface area contributed by atoms with Gasteiger partial charge in [-0.15, -0.1) is 0 Å². The molecular weight excluding hydrogens is 212 g/mol. The summed E-state index contributed by atoms with van der Waals surface area (Å²) < 4.78 is 0. The lowest BCUT2D eigenvalue weighted by Gasteiger charge is -2.24. The third-order valence-corrected chi connectivity index (χ3v) is 3.63.